The lowest BCUT2D eigenvalue weighted by atomic mass is 10.1. The zero-order valence-corrected chi connectivity index (χ0v) is 13.9. The molecule has 0 radical (unpaired) electrons. The molecule has 5 heteroatoms. The summed E-state index contributed by atoms with van der Waals surface area (Å²) in [6, 6.07) is 22.5. The Labute approximate surface area is 146 Å². The molecule has 25 heavy (non-hydrogen) atoms. The van der Waals surface area contributed by atoms with Gasteiger partial charge in [0.25, 0.3) is 0 Å². The summed E-state index contributed by atoms with van der Waals surface area (Å²) in [6.45, 7) is 0. The van der Waals surface area contributed by atoms with Crippen molar-refractivity contribution < 1.29 is 12.3 Å². The van der Waals surface area contributed by atoms with Crippen LogP contribution in [0.25, 0.3) is 11.1 Å². The number of hydrogen-bond acceptors (Lipinski definition) is 3. The zero-order chi connectivity index (χ0) is 17.7. The van der Waals surface area contributed by atoms with Crippen LogP contribution in [0.15, 0.2) is 83.2 Å². The SMILES string of the molecule is C#Cc1ccc(N=S(=O)(F)Oc2ccc(-c3ccccc3)cc2)cc1. The van der Waals surface area contributed by atoms with Crippen LogP contribution in [0.2, 0.25) is 0 Å². The van der Waals surface area contributed by atoms with Crippen molar-refractivity contribution in [3.63, 3.8) is 0 Å². The van der Waals surface area contributed by atoms with E-state index in [0.717, 1.165) is 11.1 Å². The van der Waals surface area contributed by atoms with Gasteiger partial charge in [-0.3, -0.25) is 0 Å². The fraction of sp³-hybridized carbons (Fsp3) is 0. The van der Waals surface area contributed by atoms with Gasteiger partial charge in [-0.2, -0.15) is 4.21 Å². The first-order chi connectivity index (χ1) is 12.1. The number of rotatable bonds is 4. The van der Waals surface area contributed by atoms with Gasteiger partial charge < -0.3 is 4.18 Å². The maximum atomic E-state index is 14.2. The molecule has 0 aromatic heterocycles. The molecule has 0 aliphatic heterocycles. The first kappa shape index (κ1) is 16.7. The molecule has 0 saturated carbocycles. The van der Waals surface area contributed by atoms with Crippen molar-refractivity contribution in [1.29, 1.82) is 0 Å². The number of halogens is 1. The number of nitrogens with zero attached hydrogens (tertiary/aromatic N) is 1. The van der Waals surface area contributed by atoms with Crippen LogP contribution in [0.5, 0.6) is 5.75 Å². The van der Waals surface area contributed by atoms with Crippen LogP contribution in [0.1, 0.15) is 5.56 Å². The number of benzene rings is 3. The van der Waals surface area contributed by atoms with Gasteiger partial charge >= 0.3 is 10.4 Å². The van der Waals surface area contributed by atoms with Crippen LogP contribution >= 0.6 is 0 Å². The maximum Gasteiger partial charge on any atom is 0.382 e. The molecule has 0 spiro atoms. The molecule has 3 nitrogen and oxygen atoms in total. The van der Waals surface area contributed by atoms with Crippen LogP contribution in [-0.4, -0.2) is 4.21 Å². The van der Waals surface area contributed by atoms with Crippen LogP contribution < -0.4 is 4.18 Å². The van der Waals surface area contributed by atoms with E-state index in [1.54, 1.807) is 36.4 Å². The molecule has 3 aromatic rings. The molecule has 0 saturated heterocycles. The van der Waals surface area contributed by atoms with Gasteiger partial charge in [0.2, 0.25) is 0 Å². The van der Waals surface area contributed by atoms with Crippen molar-refractivity contribution in [3.8, 4) is 29.2 Å². The van der Waals surface area contributed by atoms with Crippen LogP contribution in [-0.2, 0) is 10.4 Å². The van der Waals surface area contributed by atoms with Gasteiger partial charge in [0, 0.05) is 5.56 Å². The van der Waals surface area contributed by atoms with Crippen molar-refractivity contribution >= 4 is 16.1 Å². The summed E-state index contributed by atoms with van der Waals surface area (Å²) < 4.78 is 34.5. The molecule has 124 valence electrons. The van der Waals surface area contributed by atoms with Crippen LogP contribution in [0.3, 0.4) is 0 Å². The minimum absolute atomic E-state index is 0.135. The van der Waals surface area contributed by atoms with Gasteiger partial charge in [-0.25, -0.2) is 0 Å². The first-order valence-corrected chi connectivity index (χ1v) is 8.78. The lowest BCUT2D eigenvalue weighted by molar-refractivity contribution is 0.505. The van der Waals surface area contributed by atoms with E-state index >= 15 is 0 Å². The maximum absolute atomic E-state index is 14.2. The Hall–Kier alpha value is -3.10. The summed E-state index contributed by atoms with van der Waals surface area (Å²) in [4.78, 5) is 0. The van der Waals surface area contributed by atoms with Crippen molar-refractivity contribution in [3.05, 3.63) is 84.4 Å². The van der Waals surface area contributed by atoms with Gasteiger partial charge in [-0.05, 0) is 47.5 Å². The second kappa shape index (κ2) is 7.20. The third kappa shape index (κ3) is 4.46. The smallest absolute Gasteiger partial charge is 0.373 e. The predicted octanol–water partition coefficient (Wildman–Crippen LogP) is 5.31. The molecular formula is C20H14FNO2S. The molecular weight excluding hydrogens is 337 g/mol. The summed E-state index contributed by atoms with van der Waals surface area (Å²) in [5.74, 6) is 2.57. The molecule has 0 aliphatic carbocycles. The summed E-state index contributed by atoms with van der Waals surface area (Å²) in [5.41, 5.74) is 2.78. The van der Waals surface area contributed by atoms with E-state index in [-0.39, 0.29) is 11.4 Å². The Balaban J connectivity index is 1.79. The molecule has 0 heterocycles. The standard InChI is InChI=1S/C20H14FNO2S/c1-2-16-8-12-19(13-9-16)22-25(21,23)24-20-14-10-18(11-15-20)17-6-4-3-5-7-17/h1,3-15H. The van der Waals surface area contributed by atoms with Gasteiger partial charge in [-0.1, -0.05) is 52.3 Å². The molecule has 0 fully saturated rings. The van der Waals surface area contributed by atoms with Gasteiger partial charge in [0.15, 0.2) is 0 Å². The zero-order valence-electron chi connectivity index (χ0n) is 13.1. The Morgan fingerprint density at radius 2 is 1.48 bits per heavy atom. The fourth-order valence-corrected chi connectivity index (χ4v) is 2.97. The van der Waals surface area contributed by atoms with E-state index in [9.17, 15) is 8.09 Å². The Kier molecular flexibility index (Phi) is 4.82. The molecule has 0 N–H and O–H groups in total. The van der Waals surface area contributed by atoms with E-state index in [0.29, 0.717) is 5.56 Å². The van der Waals surface area contributed by atoms with E-state index < -0.39 is 10.4 Å². The van der Waals surface area contributed by atoms with E-state index in [1.807, 2.05) is 30.3 Å². The van der Waals surface area contributed by atoms with Crippen molar-refractivity contribution in [2.45, 2.75) is 0 Å². The van der Waals surface area contributed by atoms with Gasteiger partial charge in [0.05, 0.1) is 5.69 Å². The van der Waals surface area contributed by atoms with Crippen molar-refractivity contribution in [2.24, 2.45) is 4.36 Å². The highest BCUT2D eigenvalue weighted by Crippen LogP contribution is 2.24. The third-order valence-electron chi connectivity index (χ3n) is 3.41. The molecule has 1 atom stereocenters. The van der Waals surface area contributed by atoms with E-state index in [2.05, 4.69) is 10.3 Å². The summed E-state index contributed by atoms with van der Waals surface area (Å²) in [5, 5.41) is 0. The highest BCUT2D eigenvalue weighted by Gasteiger charge is 2.10. The minimum Gasteiger partial charge on any atom is -0.373 e. The Morgan fingerprint density at radius 1 is 0.880 bits per heavy atom. The third-order valence-corrected chi connectivity index (χ3v) is 4.24. The lowest BCUT2D eigenvalue weighted by Gasteiger charge is -2.06. The van der Waals surface area contributed by atoms with Gasteiger partial charge in [-0.15, -0.1) is 10.8 Å². The highest BCUT2D eigenvalue weighted by atomic mass is 32.3. The quantitative estimate of drug-likeness (QED) is 0.472. The summed E-state index contributed by atoms with van der Waals surface area (Å²) in [7, 11) is -4.36. The van der Waals surface area contributed by atoms with Gasteiger partial charge in [0.1, 0.15) is 5.75 Å². The normalized spacial score (nSPS) is 12.6. The summed E-state index contributed by atoms with van der Waals surface area (Å²) in [6.07, 6.45) is 5.25. The lowest BCUT2D eigenvalue weighted by Crippen LogP contribution is -2.01. The van der Waals surface area contributed by atoms with Crippen molar-refractivity contribution in [2.75, 3.05) is 0 Å². The Bertz CT molecular complexity index is 1010. The second-order valence-corrected chi connectivity index (χ2v) is 6.34. The largest absolute Gasteiger partial charge is 0.382 e. The van der Waals surface area contributed by atoms with Crippen LogP contribution in [0.4, 0.5) is 9.57 Å². The topological polar surface area (TPSA) is 38.7 Å². The minimum atomic E-state index is -4.36. The number of terminal acetylenes is 1. The highest BCUT2D eigenvalue weighted by molar-refractivity contribution is 7.84. The molecule has 0 aliphatic rings. The van der Waals surface area contributed by atoms with E-state index in [1.165, 1.54) is 12.1 Å². The average Bonchev–Trinajstić information content (AvgIpc) is 2.63. The summed E-state index contributed by atoms with van der Waals surface area (Å²) >= 11 is 0. The molecule has 1 unspecified atom stereocenters. The average molecular weight is 351 g/mol. The monoisotopic (exact) mass is 351 g/mol. The van der Waals surface area contributed by atoms with Crippen LogP contribution in [0, 0.1) is 12.3 Å². The Morgan fingerprint density at radius 3 is 2.08 bits per heavy atom. The fourth-order valence-electron chi connectivity index (χ4n) is 2.22. The molecule has 0 amide bonds. The molecule has 3 rings (SSSR count). The molecule has 0 bridgehead atoms. The van der Waals surface area contributed by atoms with E-state index in [4.69, 9.17) is 10.6 Å². The second-order valence-electron chi connectivity index (χ2n) is 5.17. The predicted molar refractivity (Wildman–Crippen MR) is 98.2 cm³/mol. The first-order valence-electron chi connectivity index (χ1n) is 7.44. The molecule has 3 aromatic carbocycles. The number of hydrogen-bond donors (Lipinski definition) is 0. The van der Waals surface area contributed by atoms with Crippen molar-refractivity contribution in [1.82, 2.24) is 0 Å².